The van der Waals surface area contributed by atoms with Gasteiger partial charge in [0, 0.05) is 24.8 Å². The second kappa shape index (κ2) is 7.28. The van der Waals surface area contributed by atoms with Crippen molar-refractivity contribution in [3.63, 3.8) is 0 Å². The van der Waals surface area contributed by atoms with E-state index >= 15 is 0 Å². The van der Waals surface area contributed by atoms with Gasteiger partial charge in [-0.05, 0) is 47.5 Å². The van der Waals surface area contributed by atoms with Gasteiger partial charge in [-0.1, -0.05) is 0 Å². The number of ether oxygens (including phenoxy) is 1. The molecule has 120 valence electrons. The molecule has 2 N–H and O–H groups in total. The van der Waals surface area contributed by atoms with Gasteiger partial charge in [-0.15, -0.1) is 0 Å². The first-order valence-corrected chi connectivity index (χ1v) is 7.22. The summed E-state index contributed by atoms with van der Waals surface area (Å²) in [6, 6.07) is -0.261. The summed E-state index contributed by atoms with van der Waals surface area (Å²) in [5.74, 6) is 0. The molecule has 0 unspecified atom stereocenters. The van der Waals surface area contributed by atoms with Crippen LogP contribution in [0.1, 0.15) is 47.5 Å². The molecule has 7 nitrogen and oxygen atoms in total. The minimum absolute atomic E-state index is 0.0519. The maximum Gasteiger partial charge on any atom is 0.410 e. The monoisotopic (exact) mass is 298 g/mol. The molecule has 0 aromatic rings. The molecule has 1 rings (SSSR count). The second-order valence-corrected chi connectivity index (χ2v) is 6.39. The Bertz CT molecular complexity index is 403. The van der Waals surface area contributed by atoms with Crippen molar-refractivity contribution in [1.82, 2.24) is 15.6 Å². The molecule has 0 bridgehead atoms. The van der Waals surface area contributed by atoms with Gasteiger partial charge in [0.15, 0.2) is 0 Å². The predicted octanol–water partition coefficient (Wildman–Crippen LogP) is 2.08. The number of piperidine rings is 1. The van der Waals surface area contributed by atoms with Crippen LogP contribution in [0.2, 0.25) is 0 Å². The average Bonchev–Trinajstić information content (AvgIpc) is 2.35. The van der Waals surface area contributed by atoms with Crippen LogP contribution >= 0.6 is 0 Å². The highest BCUT2D eigenvalue weighted by Gasteiger charge is 2.27. The Kier molecular flexibility index (Phi) is 5.99. The molecule has 0 radical (unpaired) electrons. The van der Waals surface area contributed by atoms with Crippen LogP contribution in [0.4, 0.5) is 9.59 Å². The van der Waals surface area contributed by atoms with Crippen molar-refractivity contribution < 1.29 is 14.3 Å². The standard InChI is InChI=1S/C14H26N4O3/c1-10(2)16-17-12(19)15-11-6-8-18(9-7-11)13(20)21-14(3,4)5/h11H,6-9H2,1-5H3,(H2,15,17,19). The first kappa shape index (κ1) is 17.3. The van der Waals surface area contributed by atoms with Gasteiger partial charge in [-0.3, -0.25) is 0 Å². The van der Waals surface area contributed by atoms with Gasteiger partial charge in [0.05, 0.1) is 0 Å². The molecule has 0 saturated carbocycles. The Labute approximate surface area is 126 Å². The number of amides is 3. The Morgan fingerprint density at radius 2 is 1.76 bits per heavy atom. The van der Waals surface area contributed by atoms with Crippen LogP contribution in [-0.2, 0) is 4.74 Å². The number of carbonyl (C=O) groups excluding carboxylic acids is 2. The van der Waals surface area contributed by atoms with E-state index in [0.29, 0.717) is 25.9 Å². The Morgan fingerprint density at radius 1 is 1.19 bits per heavy atom. The van der Waals surface area contributed by atoms with E-state index in [1.54, 1.807) is 18.7 Å². The number of carbonyl (C=O) groups is 2. The molecular weight excluding hydrogens is 272 g/mol. The number of likely N-dealkylation sites (tertiary alicyclic amines) is 1. The quantitative estimate of drug-likeness (QED) is 0.605. The molecule has 0 aromatic heterocycles. The number of urea groups is 1. The van der Waals surface area contributed by atoms with Crippen molar-refractivity contribution >= 4 is 17.8 Å². The zero-order valence-electron chi connectivity index (χ0n) is 13.5. The number of rotatable bonds is 2. The first-order chi connectivity index (χ1) is 9.67. The maximum absolute atomic E-state index is 11.9. The minimum atomic E-state index is -0.484. The molecular formula is C14H26N4O3. The molecule has 0 aliphatic carbocycles. The van der Waals surface area contributed by atoms with Crippen molar-refractivity contribution in [1.29, 1.82) is 0 Å². The molecule has 3 amide bonds. The highest BCUT2D eigenvalue weighted by Crippen LogP contribution is 2.15. The van der Waals surface area contributed by atoms with E-state index < -0.39 is 5.60 Å². The molecule has 1 saturated heterocycles. The molecule has 1 aliphatic rings. The lowest BCUT2D eigenvalue weighted by atomic mass is 10.1. The van der Waals surface area contributed by atoms with Gasteiger partial charge in [-0.25, -0.2) is 15.0 Å². The zero-order valence-corrected chi connectivity index (χ0v) is 13.5. The first-order valence-electron chi connectivity index (χ1n) is 7.22. The van der Waals surface area contributed by atoms with E-state index in [-0.39, 0.29) is 18.2 Å². The Hall–Kier alpha value is -1.79. The summed E-state index contributed by atoms with van der Waals surface area (Å²) in [4.78, 5) is 25.2. The molecule has 0 aromatic carbocycles. The van der Waals surface area contributed by atoms with Crippen LogP contribution in [0, 0.1) is 0 Å². The van der Waals surface area contributed by atoms with Gasteiger partial charge in [0.1, 0.15) is 5.60 Å². The van der Waals surface area contributed by atoms with Crippen LogP contribution in [-0.4, -0.2) is 47.5 Å². The highest BCUT2D eigenvalue weighted by molar-refractivity contribution is 5.81. The van der Waals surface area contributed by atoms with Gasteiger partial charge in [0.25, 0.3) is 0 Å². The molecule has 0 spiro atoms. The lowest BCUT2D eigenvalue weighted by Crippen LogP contribution is -2.49. The fourth-order valence-corrected chi connectivity index (χ4v) is 1.91. The van der Waals surface area contributed by atoms with Crippen molar-refractivity contribution in [2.75, 3.05) is 13.1 Å². The van der Waals surface area contributed by atoms with Crippen LogP contribution in [0.5, 0.6) is 0 Å². The summed E-state index contributed by atoms with van der Waals surface area (Å²) < 4.78 is 5.33. The van der Waals surface area contributed by atoms with Gasteiger partial charge in [0.2, 0.25) is 0 Å². The van der Waals surface area contributed by atoms with Crippen LogP contribution in [0.15, 0.2) is 5.10 Å². The van der Waals surface area contributed by atoms with Crippen molar-refractivity contribution in [2.45, 2.75) is 59.1 Å². The average molecular weight is 298 g/mol. The van der Waals surface area contributed by atoms with Crippen molar-refractivity contribution in [3.8, 4) is 0 Å². The zero-order chi connectivity index (χ0) is 16.0. The van der Waals surface area contributed by atoms with Crippen molar-refractivity contribution in [3.05, 3.63) is 0 Å². The van der Waals surface area contributed by atoms with Crippen LogP contribution < -0.4 is 10.7 Å². The largest absolute Gasteiger partial charge is 0.444 e. The lowest BCUT2D eigenvalue weighted by molar-refractivity contribution is 0.0201. The number of nitrogens with one attached hydrogen (secondary N) is 2. The molecule has 1 heterocycles. The molecule has 1 aliphatic heterocycles. The molecule has 21 heavy (non-hydrogen) atoms. The maximum atomic E-state index is 11.9. The summed E-state index contributed by atoms with van der Waals surface area (Å²) in [5.41, 5.74) is 2.73. The Balaban J connectivity index is 2.34. The minimum Gasteiger partial charge on any atom is -0.444 e. The third kappa shape index (κ3) is 6.97. The second-order valence-electron chi connectivity index (χ2n) is 6.39. The fourth-order valence-electron chi connectivity index (χ4n) is 1.91. The van der Waals surface area contributed by atoms with E-state index in [1.807, 2.05) is 20.8 Å². The number of hydrogen-bond donors (Lipinski definition) is 2. The SMILES string of the molecule is CC(C)=NNC(=O)NC1CCN(C(=O)OC(C)(C)C)CC1. The van der Waals surface area contributed by atoms with Crippen molar-refractivity contribution in [2.24, 2.45) is 5.10 Å². The van der Waals surface area contributed by atoms with Gasteiger partial charge >= 0.3 is 12.1 Å². The predicted molar refractivity (Wildman–Crippen MR) is 81.3 cm³/mol. The van der Waals surface area contributed by atoms with E-state index in [2.05, 4.69) is 15.8 Å². The van der Waals surface area contributed by atoms with Crippen LogP contribution in [0.25, 0.3) is 0 Å². The molecule has 1 fully saturated rings. The fraction of sp³-hybridized carbons (Fsp3) is 0.786. The normalized spacial score (nSPS) is 16.1. The van der Waals surface area contributed by atoms with Crippen LogP contribution in [0.3, 0.4) is 0 Å². The molecule has 7 heteroatoms. The van der Waals surface area contributed by atoms with Gasteiger partial charge in [-0.2, -0.15) is 5.10 Å². The summed E-state index contributed by atoms with van der Waals surface area (Å²) in [7, 11) is 0. The molecule has 0 atom stereocenters. The van der Waals surface area contributed by atoms with E-state index in [0.717, 1.165) is 5.71 Å². The number of hydrogen-bond acceptors (Lipinski definition) is 4. The smallest absolute Gasteiger partial charge is 0.410 e. The third-order valence-corrected chi connectivity index (χ3v) is 2.86. The van der Waals surface area contributed by atoms with E-state index in [9.17, 15) is 9.59 Å². The Morgan fingerprint density at radius 3 is 2.24 bits per heavy atom. The van der Waals surface area contributed by atoms with E-state index in [4.69, 9.17) is 4.74 Å². The summed E-state index contributed by atoms with van der Waals surface area (Å²) in [6.07, 6.45) is 1.12. The highest BCUT2D eigenvalue weighted by atomic mass is 16.6. The lowest BCUT2D eigenvalue weighted by Gasteiger charge is -2.33. The summed E-state index contributed by atoms with van der Waals surface area (Å²) in [6.45, 7) is 10.3. The van der Waals surface area contributed by atoms with E-state index in [1.165, 1.54) is 0 Å². The number of nitrogens with zero attached hydrogens (tertiary/aromatic N) is 2. The topological polar surface area (TPSA) is 83.0 Å². The van der Waals surface area contributed by atoms with Gasteiger partial charge < -0.3 is 15.0 Å². The summed E-state index contributed by atoms with van der Waals surface area (Å²) in [5, 5.41) is 6.69. The third-order valence-electron chi connectivity index (χ3n) is 2.86. The summed E-state index contributed by atoms with van der Waals surface area (Å²) >= 11 is 0. The number of hydrazone groups is 1.